The Morgan fingerprint density at radius 2 is 2.36 bits per heavy atom. The SMILES string of the molecule is COc1cccc(C=NCCCc2[nH]nc(N)c2C#N)c1O. The molecule has 0 radical (unpaired) electrons. The van der Waals surface area contributed by atoms with E-state index in [-0.39, 0.29) is 11.6 Å². The fraction of sp³-hybridized carbons (Fsp3) is 0.267. The van der Waals surface area contributed by atoms with E-state index >= 15 is 0 Å². The Kier molecular flexibility index (Phi) is 4.98. The van der Waals surface area contributed by atoms with E-state index in [9.17, 15) is 5.11 Å². The number of H-pyrrole nitrogens is 1. The Morgan fingerprint density at radius 1 is 1.55 bits per heavy atom. The van der Waals surface area contributed by atoms with Gasteiger partial charge in [-0.2, -0.15) is 10.4 Å². The predicted octanol–water partition coefficient (Wildman–Crippen LogP) is 1.63. The number of aromatic nitrogens is 2. The zero-order valence-electron chi connectivity index (χ0n) is 12.2. The number of nitrogens with two attached hydrogens (primary N) is 1. The molecule has 7 heteroatoms. The molecule has 4 N–H and O–H groups in total. The summed E-state index contributed by atoms with van der Waals surface area (Å²) in [4.78, 5) is 4.27. The van der Waals surface area contributed by atoms with Crippen LogP contribution in [-0.2, 0) is 6.42 Å². The number of rotatable bonds is 6. The minimum absolute atomic E-state index is 0.0712. The average molecular weight is 299 g/mol. The maximum atomic E-state index is 9.91. The number of nitrogens with zero attached hydrogens (tertiary/aromatic N) is 3. The van der Waals surface area contributed by atoms with Gasteiger partial charge in [-0.15, -0.1) is 0 Å². The van der Waals surface area contributed by atoms with E-state index in [4.69, 9.17) is 15.7 Å². The molecule has 1 aromatic heterocycles. The molecule has 0 aliphatic carbocycles. The number of phenols is 1. The summed E-state index contributed by atoms with van der Waals surface area (Å²) >= 11 is 0. The Labute approximate surface area is 128 Å². The standard InChI is InChI=1S/C15H17N5O2/c1-22-13-6-2-4-10(14(13)21)9-18-7-3-5-12-11(8-16)15(17)20-19-12/h2,4,6,9,21H,3,5,7H2,1H3,(H3,17,19,20). The molecule has 1 aromatic carbocycles. The van der Waals surface area contributed by atoms with Crippen LogP contribution >= 0.6 is 0 Å². The maximum Gasteiger partial charge on any atom is 0.166 e. The second kappa shape index (κ2) is 7.13. The number of aliphatic imine (C=N–C) groups is 1. The first kappa shape index (κ1) is 15.4. The van der Waals surface area contributed by atoms with Crippen molar-refractivity contribution < 1.29 is 9.84 Å². The van der Waals surface area contributed by atoms with Crippen LogP contribution in [0.2, 0.25) is 0 Å². The zero-order chi connectivity index (χ0) is 15.9. The molecule has 0 spiro atoms. The van der Waals surface area contributed by atoms with Crippen molar-refractivity contribution in [3.8, 4) is 17.6 Å². The normalized spacial score (nSPS) is 10.7. The van der Waals surface area contributed by atoms with Gasteiger partial charge in [0, 0.05) is 18.3 Å². The number of phenolic OH excluding ortho intramolecular Hbond substituents is 1. The molecule has 0 unspecified atom stereocenters. The number of aromatic hydroxyl groups is 1. The highest BCUT2D eigenvalue weighted by atomic mass is 16.5. The number of aryl methyl sites for hydroxylation is 1. The number of benzene rings is 1. The van der Waals surface area contributed by atoms with E-state index in [1.807, 2.05) is 6.07 Å². The summed E-state index contributed by atoms with van der Waals surface area (Å²) in [6.07, 6.45) is 2.97. The number of nitriles is 1. The summed E-state index contributed by atoms with van der Waals surface area (Å²) in [5, 5.41) is 25.4. The molecular formula is C15H17N5O2. The van der Waals surface area contributed by atoms with E-state index in [1.165, 1.54) is 7.11 Å². The fourth-order valence-corrected chi connectivity index (χ4v) is 2.02. The number of hydrogen-bond acceptors (Lipinski definition) is 6. The van der Waals surface area contributed by atoms with Gasteiger partial charge in [-0.25, -0.2) is 0 Å². The van der Waals surface area contributed by atoms with Crippen LogP contribution in [0, 0.1) is 11.3 Å². The molecule has 0 saturated carbocycles. The van der Waals surface area contributed by atoms with E-state index in [1.54, 1.807) is 24.4 Å². The molecule has 7 nitrogen and oxygen atoms in total. The first-order valence-corrected chi connectivity index (χ1v) is 6.76. The Bertz CT molecular complexity index is 715. The van der Waals surface area contributed by atoms with Crippen LogP contribution in [0.5, 0.6) is 11.5 Å². The largest absolute Gasteiger partial charge is 0.504 e. The van der Waals surface area contributed by atoms with Crippen molar-refractivity contribution in [1.82, 2.24) is 10.2 Å². The predicted molar refractivity (Wildman–Crippen MR) is 83.2 cm³/mol. The minimum Gasteiger partial charge on any atom is -0.504 e. The highest BCUT2D eigenvalue weighted by Crippen LogP contribution is 2.27. The van der Waals surface area contributed by atoms with Crippen molar-refractivity contribution in [2.24, 2.45) is 4.99 Å². The lowest BCUT2D eigenvalue weighted by Crippen LogP contribution is -1.94. The third kappa shape index (κ3) is 3.35. The van der Waals surface area contributed by atoms with Crippen LogP contribution in [0.4, 0.5) is 5.82 Å². The first-order chi connectivity index (χ1) is 10.7. The van der Waals surface area contributed by atoms with Crippen LogP contribution in [0.15, 0.2) is 23.2 Å². The third-order valence-corrected chi connectivity index (χ3v) is 3.18. The minimum atomic E-state index is 0.0712. The topological polar surface area (TPSA) is 120 Å². The molecular weight excluding hydrogens is 282 g/mol. The molecule has 0 saturated heterocycles. The molecule has 0 aliphatic rings. The molecule has 0 atom stereocenters. The van der Waals surface area contributed by atoms with E-state index in [2.05, 4.69) is 15.2 Å². The molecule has 1 heterocycles. The molecule has 2 aromatic rings. The quantitative estimate of drug-likeness (QED) is 0.553. The smallest absolute Gasteiger partial charge is 0.166 e. The van der Waals surface area contributed by atoms with Crippen LogP contribution in [0.1, 0.15) is 23.2 Å². The Hall–Kier alpha value is -3.01. The number of hydrogen-bond donors (Lipinski definition) is 3. The second-order valence-corrected chi connectivity index (χ2v) is 4.61. The van der Waals surface area contributed by atoms with Crippen LogP contribution in [0.25, 0.3) is 0 Å². The highest BCUT2D eigenvalue weighted by molar-refractivity contribution is 5.84. The second-order valence-electron chi connectivity index (χ2n) is 4.61. The molecule has 0 amide bonds. The van der Waals surface area contributed by atoms with Crippen molar-refractivity contribution in [3.63, 3.8) is 0 Å². The number of nitrogen functional groups attached to an aromatic ring is 1. The highest BCUT2D eigenvalue weighted by Gasteiger charge is 2.09. The monoisotopic (exact) mass is 299 g/mol. The van der Waals surface area contributed by atoms with Gasteiger partial charge in [0.1, 0.15) is 11.6 Å². The molecule has 22 heavy (non-hydrogen) atoms. The lowest BCUT2D eigenvalue weighted by molar-refractivity contribution is 0.373. The average Bonchev–Trinajstić information content (AvgIpc) is 2.88. The van der Waals surface area contributed by atoms with Crippen LogP contribution in [-0.4, -0.2) is 35.2 Å². The van der Waals surface area contributed by atoms with Crippen molar-refractivity contribution in [3.05, 3.63) is 35.0 Å². The summed E-state index contributed by atoms with van der Waals surface area (Å²) in [7, 11) is 1.50. The molecule has 114 valence electrons. The summed E-state index contributed by atoms with van der Waals surface area (Å²) < 4.78 is 5.03. The van der Waals surface area contributed by atoms with Gasteiger partial charge in [-0.3, -0.25) is 10.1 Å². The number of anilines is 1. The summed E-state index contributed by atoms with van der Waals surface area (Å²) in [5.74, 6) is 0.708. The number of ether oxygens (including phenoxy) is 1. The maximum absolute atomic E-state index is 9.91. The first-order valence-electron chi connectivity index (χ1n) is 6.76. The van der Waals surface area contributed by atoms with E-state index in [0.717, 1.165) is 12.1 Å². The van der Waals surface area contributed by atoms with Crippen molar-refractivity contribution in [2.45, 2.75) is 12.8 Å². The summed E-state index contributed by atoms with van der Waals surface area (Å²) in [6, 6.07) is 7.24. The Balaban J connectivity index is 1.90. The van der Waals surface area contributed by atoms with Crippen molar-refractivity contribution in [1.29, 1.82) is 5.26 Å². The molecule has 0 bridgehead atoms. The third-order valence-electron chi connectivity index (χ3n) is 3.18. The van der Waals surface area contributed by atoms with Gasteiger partial charge in [0.05, 0.1) is 12.8 Å². The molecule has 2 rings (SSSR count). The number of methoxy groups -OCH3 is 1. The van der Waals surface area contributed by atoms with Gasteiger partial charge in [-0.1, -0.05) is 6.07 Å². The van der Waals surface area contributed by atoms with Gasteiger partial charge >= 0.3 is 0 Å². The molecule has 0 fully saturated rings. The van der Waals surface area contributed by atoms with Crippen LogP contribution in [0.3, 0.4) is 0 Å². The lowest BCUT2D eigenvalue weighted by atomic mass is 10.1. The van der Waals surface area contributed by atoms with Gasteiger partial charge in [0.2, 0.25) is 0 Å². The van der Waals surface area contributed by atoms with Gasteiger partial charge in [-0.05, 0) is 25.0 Å². The van der Waals surface area contributed by atoms with Gasteiger partial charge < -0.3 is 15.6 Å². The fourth-order valence-electron chi connectivity index (χ4n) is 2.02. The number of aromatic amines is 1. The van der Waals surface area contributed by atoms with Crippen molar-refractivity contribution in [2.75, 3.05) is 19.4 Å². The zero-order valence-corrected chi connectivity index (χ0v) is 12.2. The van der Waals surface area contributed by atoms with Crippen molar-refractivity contribution >= 4 is 12.0 Å². The van der Waals surface area contributed by atoms with Gasteiger partial charge in [0.25, 0.3) is 0 Å². The Morgan fingerprint density at radius 3 is 3.09 bits per heavy atom. The lowest BCUT2D eigenvalue weighted by Gasteiger charge is -2.04. The van der Waals surface area contributed by atoms with Gasteiger partial charge in [0.15, 0.2) is 17.3 Å². The van der Waals surface area contributed by atoms with E-state index < -0.39 is 0 Å². The summed E-state index contributed by atoms with van der Waals surface area (Å²) in [6.45, 7) is 0.556. The van der Waals surface area contributed by atoms with E-state index in [0.29, 0.717) is 29.8 Å². The molecule has 0 aliphatic heterocycles. The number of para-hydroxylation sites is 1. The summed E-state index contributed by atoms with van der Waals surface area (Å²) in [5.41, 5.74) is 7.29. The number of nitrogens with one attached hydrogen (secondary N) is 1. The van der Waals surface area contributed by atoms with Crippen LogP contribution < -0.4 is 10.5 Å².